The fourth-order valence-corrected chi connectivity index (χ4v) is 3.61. The minimum atomic E-state index is -0.188. The molecule has 0 unspecified atom stereocenters. The predicted octanol–water partition coefficient (Wildman–Crippen LogP) is 8.37. The molecule has 0 saturated carbocycles. The SMILES string of the molecule is CC(C)(C)c1ccc(Oc2cc(C(C)(C)C)c(O)c(C(C)(C)C)c2)c(C(C)(C)C)c1. The number of rotatable bonds is 2. The van der Waals surface area contributed by atoms with Crippen LogP contribution in [-0.2, 0) is 21.7 Å². The van der Waals surface area contributed by atoms with E-state index in [0.29, 0.717) is 5.75 Å². The van der Waals surface area contributed by atoms with Gasteiger partial charge in [-0.2, -0.15) is 0 Å². The molecule has 30 heavy (non-hydrogen) atoms. The first-order valence-corrected chi connectivity index (χ1v) is 11.0. The largest absolute Gasteiger partial charge is 0.507 e. The third-order valence-corrected chi connectivity index (χ3v) is 5.58. The van der Waals surface area contributed by atoms with Gasteiger partial charge in [0.25, 0.3) is 0 Å². The maximum Gasteiger partial charge on any atom is 0.131 e. The molecule has 0 aliphatic carbocycles. The molecule has 2 aromatic carbocycles. The van der Waals surface area contributed by atoms with Crippen LogP contribution >= 0.6 is 0 Å². The van der Waals surface area contributed by atoms with Crippen LogP contribution in [0.3, 0.4) is 0 Å². The highest BCUT2D eigenvalue weighted by Crippen LogP contribution is 2.44. The third-order valence-electron chi connectivity index (χ3n) is 5.58. The van der Waals surface area contributed by atoms with E-state index in [4.69, 9.17) is 4.74 Å². The van der Waals surface area contributed by atoms with Crippen LogP contribution in [0.15, 0.2) is 30.3 Å². The van der Waals surface area contributed by atoms with Crippen LogP contribution in [0.2, 0.25) is 0 Å². The van der Waals surface area contributed by atoms with Crippen LogP contribution in [0.25, 0.3) is 0 Å². The van der Waals surface area contributed by atoms with Gasteiger partial charge < -0.3 is 9.84 Å². The van der Waals surface area contributed by atoms with Crippen molar-refractivity contribution in [2.75, 3.05) is 0 Å². The van der Waals surface area contributed by atoms with Gasteiger partial charge in [-0.05, 0) is 45.4 Å². The van der Waals surface area contributed by atoms with Crippen LogP contribution < -0.4 is 4.74 Å². The van der Waals surface area contributed by atoms with Crippen molar-refractivity contribution in [1.29, 1.82) is 0 Å². The van der Waals surface area contributed by atoms with Crippen LogP contribution in [0.5, 0.6) is 17.2 Å². The Labute approximate surface area is 184 Å². The highest BCUT2D eigenvalue weighted by molar-refractivity contribution is 5.54. The summed E-state index contributed by atoms with van der Waals surface area (Å²) in [7, 11) is 0. The first-order chi connectivity index (χ1) is 13.3. The second-order valence-corrected chi connectivity index (χ2v) is 12.7. The Balaban J connectivity index is 2.68. The molecule has 0 bridgehead atoms. The van der Waals surface area contributed by atoms with E-state index >= 15 is 0 Å². The minimum absolute atomic E-state index is 0.0484. The lowest BCUT2D eigenvalue weighted by molar-refractivity contribution is 0.411. The Morgan fingerprint density at radius 3 is 1.37 bits per heavy atom. The standard InChI is InChI=1S/C28H42O2/c1-25(2,3)18-13-14-23(20(15-18)26(4,5)6)30-19-16-21(27(7,8)9)24(29)22(17-19)28(10,11)12/h13-17,29H,1-12H3. The topological polar surface area (TPSA) is 29.5 Å². The minimum Gasteiger partial charge on any atom is -0.507 e. The van der Waals surface area contributed by atoms with Gasteiger partial charge in [0.2, 0.25) is 0 Å². The summed E-state index contributed by atoms with van der Waals surface area (Å²) in [6.45, 7) is 26.1. The zero-order valence-electron chi connectivity index (χ0n) is 21.2. The first-order valence-electron chi connectivity index (χ1n) is 11.0. The molecule has 0 aliphatic heterocycles. The zero-order chi connectivity index (χ0) is 23.3. The molecule has 0 saturated heterocycles. The summed E-state index contributed by atoms with van der Waals surface area (Å²) < 4.78 is 6.52. The number of aromatic hydroxyl groups is 1. The molecule has 2 aromatic rings. The molecule has 0 fully saturated rings. The van der Waals surface area contributed by atoms with Crippen molar-refractivity contribution >= 4 is 0 Å². The first kappa shape index (κ1) is 24.3. The quantitative estimate of drug-likeness (QED) is 0.539. The highest BCUT2D eigenvalue weighted by Gasteiger charge is 2.28. The van der Waals surface area contributed by atoms with Gasteiger partial charge in [0.1, 0.15) is 17.2 Å². The number of hydrogen-bond acceptors (Lipinski definition) is 2. The maximum absolute atomic E-state index is 11.0. The predicted molar refractivity (Wildman–Crippen MR) is 129 cm³/mol. The molecule has 0 spiro atoms. The Morgan fingerprint density at radius 1 is 0.567 bits per heavy atom. The Morgan fingerprint density at radius 2 is 1.00 bits per heavy atom. The second-order valence-electron chi connectivity index (χ2n) is 12.7. The number of ether oxygens (including phenoxy) is 1. The van der Waals surface area contributed by atoms with Gasteiger partial charge >= 0.3 is 0 Å². The second kappa shape index (κ2) is 7.62. The van der Waals surface area contributed by atoms with Crippen LogP contribution in [0.1, 0.15) is 105 Å². The molecule has 166 valence electrons. The molecular formula is C28H42O2. The smallest absolute Gasteiger partial charge is 0.131 e. The molecule has 0 aromatic heterocycles. The average molecular weight is 411 g/mol. The van der Waals surface area contributed by atoms with Crippen molar-refractivity contribution < 1.29 is 9.84 Å². The molecule has 0 aliphatic rings. The lowest BCUT2D eigenvalue weighted by atomic mass is 9.79. The van der Waals surface area contributed by atoms with E-state index in [-0.39, 0.29) is 21.7 Å². The number of hydrogen-bond donors (Lipinski definition) is 1. The molecule has 0 atom stereocenters. The summed E-state index contributed by atoms with van der Waals surface area (Å²) in [5.41, 5.74) is 3.97. The lowest BCUT2D eigenvalue weighted by Crippen LogP contribution is -2.18. The van der Waals surface area contributed by atoms with Crippen LogP contribution in [0, 0.1) is 0 Å². The van der Waals surface area contributed by atoms with Crippen molar-refractivity contribution in [2.24, 2.45) is 0 Å². The summed E-state index contributed by atoms with van der Waals surface area (Å²) in [5.74, 6) is 2.03. The van der Waals surface area contributed by atoms with Crippen molar-refractivity contribution in [3.63, 3.8) is 0 Å². The van der Waals surface area contributed by atoms with E-state index < -0.39 is 0 Å². The van der Waals surface area contributed by atoms with E-state index in [0.717, 1.165) is 22.6 Å². The van der Waals surface area contributed by atoms with Crippen molar-refractivity contribution in [3.05, 3.63) is 52.6 Å². The Bertz CT molecular complexity index is 873. The fraction of sp³-hybridized carbons (Fsp3) is 0.571. The van der Waals surface area contributed by atoms with Gasteiger partial charge in [-0.15, -0.1) is 0 Å². The third kappa shape index (κ3) is 5.39. The normalized spacial score (nSPS) is 13.5. The Hall–Kier alpha value is -1.96. The van der Waals surface area contributed by atoms with Gasteiger partial charge in [0.15, 0.2) is 0 Å². The summed E-state index contributed by atoms with van der Waals surface area (Å²) in [5, 5.41) is 11.0. The van der Waals surface area contributed by atoms with Crippen molar-refractivity contribution in [2.45, 2.75) is 105 Å². The monoisotopic (exact) mass is 410 g/mol. The summed E-state index contributed by atoms with van der Waals surface area (Å²) in [4.78, 5) is 0. The summed E-state index contributed by atoms with van der Waals surface area (Å²) in [6.07, 6.45) is 0. The molecule has 0 heterocycles. The van der Waals surface area contributed by atoms with Gasteiger partial charge in [0.05, 0.1) is 0 Å². The Kier molecular flexibility index (Phi) is 6.18. The van der Waals surface area contributed by atoms with E-state index in [1.807, 2.05) is 12.1 Å². The van der Waals surface area contributed by atoms with Crippen LogP contribution in [0.4, 0.5) is 0 Å². The van der Waals surface area contributed by atoms with Crippen molar-refractivity contribution in [1.82, 2.24) is 0 Å². The van der Waals surface area contributed by atoms with Gasteiger partial charge in [0, 0.05) is 16.7 Å². The van der Waals surface area contributed by atoms with Gasteiger partial charge in [-0.3, -0.25) is 0 Å². The lowest BCUT2D eigenvalue weighted by Gasteiger charge is -2.29. The molecule has 1 N–H and O–H groups in total. The highest BCUT2D eigenvalue weighted by atomic mass is 16.5. The number of phenols is 1. The van der Waals surface area contributed by atoms with Crippen molar-refractivity contribution in [3.8, 4) is 17.2 Å². The van der Waals surface area contributed by atoms with Gasteiger partial charge in [-0.25, -0.2) is 0 Å². The molecule has 0 radical (unpaired) electrons. The van der Waals surface area contributed by atoms with Crippen LogP contribution in [-0.4, -0.2) is 5.11 Å². The molecule has 2 rings (SSSR count). The molecule has 2 heteroatoms. The van der Waals surface area contributed by atoms with Gasteiger partial charge in [-0.1, -0.05) is 95.2 Å². The van der Waals surface area contributed by atoms with E-state index in [1.165, 1.54) is 11.1 Å². The average Bonchev–Trinajstić information content (AvgIpc) is 2.52. The molecule has 2 nitrogen and oxygen atoms in total. The zero-order valence-corrected chi connectivity index (χ0v) is 21.2. The fourth-order valence-electron chi connectivity index (χ4n) is 3.61. The van der Waals surface area contributed by atoms with E-state index in [9.17, 15) is 5.11 Å². The summed E-state index contributed by atoms with van der Waals surface area (Å²) >= 11 is 0. The number of benzene rings is 2. The van der Waals surface area contributed by atoms with E-state index in [1.54, 1.807) is 0 Å². The molecule has 0 amide bonds. The summed E-state index contributed by atoms with van der Waals surface area (Å²) in [6, 6.07) is 10.5. The van der Waals surface area contributed by atoms with E-state index in [2.05, 4.69) is 101 Å². The maximum atomic E-state index is 11.0. The number of phenolic OH excluding ortho intramolecular Hbond substituents is 1. The molecular weight excluding hydrogens is 368 g/mol.